The summed E-state index contributed by atoms with van der Waals surface area (Å²) >= 11 is 0. The van der Waals surface area contributed by atoms with Crippen molar-refractivity contribution in [1.82, 2.24) is 0 Å². The van der Waals surface area contributed by atoms with Crippen LogP contribution in [0.4, 0.5) is 0 Å². The van der Waals surface area contributed by atoms with Crippen LogP contribution in [0, 0.1) is 0 Å². The van der Waals surface area contributed by atoms with Gasteiger partial charge >= 0.3 is 11.9 Å². The molecule has 0 fully saturated rings. The van der Waals surface area contributed by atoms with E-state index in [1.54, 1.807) is 0 Å². The van der Waals surface area contributed by atoms with Crippen LogP contribution in [-0.4, -0.2) is 82.3 Å². The Balaban J connectivity index is 4.13. The Kier molecular flexibility index (Phi) is 54.2. The van der Waals surface area contributed by atoms with Gasteiger partial charge in [-0.2, -0.15) is 0 Å². The molecule has 0 radical (unpaired) electrons. The number of unbranched alkanes of at least 4 members (excludes halogenated alkanes) is 17. The number of quaternary nitrogens is 1. The summed E-state index contributed by atoms with van der Waals surface area (Å²) in [4.78, 5) is 37.2. The SMILES string of the molecule is CC/C=C\C/C=C\C/C=C\C/C=C\C/C=C\C/C=C\C/C=C\C/C=C\C/C=C\CCCCCCCCCCCCCC(=O)OC(COC(=O)CCCCCCC/C=C\C/C=C\CCC)COC(OCC[N+](C)(C)C)C(=O)[O-]. The number of ether oxygens (including phenoxy) is 4. The number of hydrogen-bond acceptors (Lipinski definition) is 8. The van der Waals surface area contributed by atoms with Gasteiger partial charge in [-0.1, -0.05) is 231 Å². The van der Waals surface area contributed by atoms with E-state index in [1.807, 2.05) is 21.1 Å². The summed E-state index contributed by atoms with van der Waals surface area (Å²) < 4.78 is 22.6. The molecule has 0 rings (SSSR count). The average Bonchev–Trinajstić information content (AvgIpc) is 3.40. The topological polar surface area (TPSA) is 111 Å². The molecule has 2 atom stereocenters. The third-order valence-corrected chi connectivity index (χ3v) is 12.4. The third kappa shape index (κ3) is 58.9. The second-order valence-electron chi connectivity index (χ2n) is 20.9. The molecule has 0 aliphatic heterocycles. The van der Waals surface area contributed by atoms with Gasteiger partial charge in [-0.25, -0.2) is 0 Å². The first-order chi connectivity index (χ1) is 37.6. The first kappa shape index (κ1) is 72.4. The number of esters is 2. The number of rotatable bonds is 54. The summed E-state index contributed by atoms with van der Waals surface area (Å²) in [5.41, 5.74) is 0. The molecule has 2 unspecified atom stereocenters. The molecule has 0 N–H and O–H groups in total. The van der Waals surface area contributed by atoms with E-state index >= 15 is 0 Å². The Morgan fingerprint density at radius 1 is 0.403 bits per heavy atom. The van der Waals surface area contributed by atoms with Crippen LogP contribution in [0.5, 0.6) is 0 Å². The summed E-state index contributed by atoms with van der Waals surface area (Å²) in [5, 5.41) is 11.8. The molecule has 0 aromatic heterocycles. The lowest BCUT2D eigenvalue weighted by Crippen LogP contribution is -2.44. The van der Waals surface area contributed by atoms with Gasteiger partial charge in [0, 0.05) is 12.8 Å². The van der Waals surface area contributed by atoms with Crippen LogP contribution in [0.25, 0.3) is 0 Å². The fourth-order valence-electron chi connectivity index (χ4n) is 7.74. The molecule has 0 amide bonds. The average molecular weight is 1070 g/mol. The summed E-state index contributed by atoms with van der Waals surface area (Å²) in [6, 6.07) is 0. The van der Waals surface area contributed by atoms with Crippen molar-refractivity contribution in [1.29, 1.82) is 0 Å². The number of carboxylic acid groups (broad SMARTS) is 1. The Bertz CT molecular complexity index is 1720. The van der Waals surface area contributed by atoms with E-state index in [2.05, 4.69) is 148 Å². The molecule has 0 aliphatic carbocycles. The van der Waals surface area contributed by atoms with Crippen molar-refractivity contribution in [2.24, 2.45) is 0 Å². The number of carboxylic acids is 1. The molecular weight excluding hydrogens is 959 g/mol. The minimum atomic E-state index is -1.63. The lowest BCUT2D eigenvalue weighted by Gasteiger charge is -2.26. The van der Waals surface area contributed by atoms with Crippen molar-refractivity contribution in [3.05, 3.63) is 134 Å². The smallest absolute Gasteiger partial charge is 0.306 e. The van der Waals surface area contributed by atoms with Crippen molar-refractivity contribution in [3.8, 4) is 0 Å². The van der Waals surface area contributed by atoms with Crippen LogP contribution in [-0.2, 0) is 33.3 Å². The maximum Gasteiger partial charge on any atom is 0.306 e. The number of likely N-dealkylation sites (N-methyl/N-ethyl adjacent to an activating group) is 1. The highest BCUT2D eigenvalue weighted by Gasteiger charge is 2.22. The predicted octanol–water partition coefficient (Wildman–Crippen LogP) is 16.9. The standard InChI is InChI=1S/C68H111NO8/c1-6-8-10-12-14-16-18-20-21-22-23-24-25-26-27-28-29-30-31-32-33-34-35-36-37-38-39-40-41-42-43-44-45-47-49-51-53-55-57-59-66(71)77-64(63-76-68(67(72)73)74-61-60-69(3,4)5)62-75-65(70)58-56-54-52-50-48-46-19-17-15-13-11-9-7-2/h8,10-11,13-14,16-17,19-21,23-24,26-27,29-30,32-33,35-36,38-39,64,68H,6-7,9,12,15,18,22,25,28,31,34,37,40-63H2,1-5H3/b10-8-,13-11-,16-14-,19-17-,21-20-,24-23-,27-26-,30-29-,33-32-,36-35-,39-38-. The van der Waals surface area contributed by atoms with E-state index in [1.165, 1.54) is 51.4 Å². The van der Waals surface area contributed by atoms with Gasteiger partial charge in [0.1, 0.15) is 13.2 Å². The fourth-order valence-corrected chi connectivity index (χ4v) is 7.74. The molecule has 0 saturated heterocycles. The fraction of sp³-hybridized carbons (Fsp3) is 0.632. The van der Waals surface area contributed by atoms with Gasteiger partial charge in [-0.3, -0.25) is 9.59 Å². The number of hydrogen-bond donors (Lipinski definition) is 0. The first-order valence-corrected chi connectivity index (χ1v) is 30.3. The zero-order valence-corrected chi connectivity index (χ0v) is 49.5. The van der Waals surface area contributed by atoms with Crippen LogP contribution in [0.15, 0.2) is 134 Å². The van der Waals surface area contributed by atoms with Gasteiger partial charge in [0.25, 0.3) is 0 Å². The molecule has 0 saturated carbocycles. The Morgan fingerprint density at radius 3 is 1.10 bits per heavy atom. The Labute approximate surface area is 471 Å². The molecule has 77 heavy (non-hydrogen) atoms. The van der Waals surface area contributed by atoms with E-state index in [4.69, 9.17) is 18.9 Å². The molecule has 0 spiro atoms. The quantitative estimate of drug-likeness (QED) is 0.0195. The van der Waals surface area contributed by atoms with E-state index in [9.17, 15) is 19.5 Å². The largest absolute Gasteiger partial charge is 0.545 e. The van der Waals surface area contributed by atoms with Gasteiger partial charge in [-0.05, 0) is 109 Å². The Morgan fingerprint density at radius 2 is 0.740 bits per heavy atom. The molecule has 9 heteroatoms. The normalized spacial score (nSPS) is 13.7. The monoisotopic (exact) mass is 1070 g/mol. The molecule has 9 nitrogen and oxygen atoms in total. The molecule has 0 aliphatic rings. The highest BCUT2D eigenvalue weighted by Crippen LogP contribution is 2.15. The maximum absolute atomic E-state index is 12.9. The zero-order chi connectivity index (χ0) is 56.2. The van der Waals surface area contributed by atoms with Crippen LogP contribution in [0.1, 0.15) is 219 Å². The minimum absolute atomic E-state index is 0.139. The molecular formula is C68H111NO8. The summed E-state index contributed by atoms with van der Waals surface area (Å²) in [5.74, 6) is -2.32. The number of allylic oxidation sites excluding steroid dienone is 22. The lowest BCUT2D eigenvalue weighted by atomic mass is 10.0. The van der Waals surface area contributed by atoms with E-state index < -0.39 is 24.3 Å². The van der Waals surface area contributed by atoms with Crippen LogP contribution >= 0.6 is 0 Å². The summed E-state index contributed by atoms with van der Waals surface area (Å²) in [7, 11) is 5.90. The van der Waals surface area contributed by atoms with Crippen molar-refractivity contribution in [3.63, 3.8) is 0 Å². The van der Waals surface area contributed by atoms with E-state index in [0.29, 0.717) is 17.4 Å². The van der Waals surface area contributed by atoms with Gasteiger partial charge in [0.2, 0.25) is 0 Å². The van der Waals surface area contributed by atoms with Crippen LogP contribution in [0.2, 0.25) is 0 Å². The minimum Gasteiger partial charge on any atom is -0.545 e. The van der Waals surface area contributed by atoms with E-state index in [0.717, 1.165) is 135 Å². The van der Waals surface area contributed by atoms with Crippen LogP contribution < -0.4 is 5.11 Å². The second kappa shape index (κ2) is 57.6. The number of aliphatic carboxylic acids is 1. The third-order valence-electron chi connectivity index (χ3n) is 12.4. The lowest BCUT2D eigenvalue weighted by molar-refractivity contribution is -0.870. The molecule has 0 bridgehead atoms. The summed E-state index contributed by atoms with van der Waals surface area (Å²) in [6.45, 7) is 4.53. The van der Waals surface area contributed by atoms with Gasteiger partial charge in [0.15, 0.2) is 12.4 Å². The van der Waals surface area contributed by atoms with Crippen molar-refractivity contribution in [2.45, 2.75) is 232 Å². The molecule has 436 valence electrons. The molecule has 0 heterocycles. The van der Waals surface area contributed by atoms with Gasteiger partial charge in [-0.15, -0.1) is 0 Å². The highest BCUT2D eigenvalue weighted by molar-refractivity contribution is 5.70. The van der Waals surface area contributed by atoms with Crippen molar-refractivity contribution >= 4 is 17.9 Å². The molecule has 0 aromatic carbocycles. The number of nitrogens with zero attached hydrogens (tertiary/aromatic N) is 1. The first-order valence-electron chi connectivity index (χ1n) is 30.3. The second-order valence-corrected chi connectivity index (χ2v) is 20.9. The van der Waals surface area contributed by atoms with Gasteiger partial charge < -0.3 is 33.3 Å². The molecule has 0 aromatic rings. The van der Waals surface area contributed by atoms with Crippen molar-refractivity contribution in [2.75, 3.05) is 47.5 Å². The van der Waals surface area contributed by atoms with Crippen molar-refractivity contribution < 1.29 is 42.9 Å². The zero-order valence-electron chi connectivity index (χ0n) is 49.5. The van der Waals surface area contributed by atoms with Crippen LogP contribution in [0.3, 0.4) is 0 Å². The van der Waals surface area contributed by atoms with E-state index in [-0.39, 0.29) is 38.6 Å². The maximum atomic E-state index is 12.9. The number of carbonyl (C=O) groups excluding carboxylic acids is 3. The highest BCUT2D eigenvalue weighted by atomic mass is 16.7. The summed E-state index contributed by atoms with van der Waals surface area (Å²) in [6.07, 6.45) is 79.4. The number of carbonyl (C=O) groups is 3. The predicted molar refractivity (Wildman–Crippen MR) is 324 cm³/mol. The Hall–Kier alpha value is -4.57. The van der Waals surface area contributed by atoms with Gasteiger partial charge in [0.05, 0.1) is 40.3 Å².